The van der Waals surface area contributed by atoms with E-state index < -0.39 is 5.97 Å². The number of unbranched alkanes of at least 4 members (excludes halogenated alkanes) is 2. The highest BCUT2D eigenvalue weighted by molar-refractivity contribution is 5.69. The molecule has 0 bridgehead atoms. The number of aliphatic hydroxyl groups excluding tert-OH is 1. The molecule has 0 aliphatic rings. The minimum Gasteiger partial charge on any atom is -0.481 e. The van der Waals surface area contributed by atoms with Crippen LogP contribution in [0.15, 0.2) is 0 Å². The Morgan fingerprint density at radius 3 is 2.27 bits per heavy atom. The first-order chi connectivity index (χ1) is 7.16. The van der Waals surface area contributed by atoms with Gasteiger partial charge < -0.3 is 14.9 Å². The summed E-state index contributed by atoms with van der Waals surface area (Å²) < 4.78 is 4.85. The van der Waals surface area contributed by atoms with Gasteiger partial charge in [-0.1, -0.05) is 0 Å². The molecule has 0 aromatic carbocycles. The minimum atomic E-state index is -0.841. The first kappa shape index (κ1) is 13.9. The van der Waals surface area contributed by atoms with Crippen molar-refractivity contribution in [2.75, 3.05) is 13.2 Å². The Morgan fingerprint density at radius 1 is 1.00 bits per heavy atom. The summed E-state index contributed by atoms with van der Waals surface area (Å²) in [5.41, 5.74) is 0. The third-order valence-electron chi connectivity index (χ3n) is 1.84. The molecule has 0 saturated carbocycles. The summed E-state index contributed by atoms with van der Waals surface area (Å²) in [6.45, 7) is 0.439. The Balaban J connectivity index is 3.22. The average Bonchev–Trinajstić information content (AvgIpc) is 2.19. The fourth-order valence-corrected chi connectivity index (χ4v) is 1.02. The van der Waals surface area contributed by atoms with Crippen molar-refractivity contribution in [1.29, 1.82) is 0 Å². The minimum absolute atomic E-state index is 0.0950. The number of hydrogen-bond donors (Lipinski definition) is 2. The second kappa shape index (κ2) is 9.45. The molecule has 0 unspecified atom stereocenters. The Labute approximate surface area is 89.0 Å². The van der Waals surface area contributed by atoms with Crippen LogP contribution in [0.2, 0.25) is 0 Å². The second-order valence-electron chi connectivity index (χ2n) is 3.25. The summed E-state index contributed by atoms with van der Waals surface area (Å²) in [6.07, 6.45) is 2.71. The number of carboxylic acid groups (broad SMARTS) is 1. The van der Waals surface area contributed by atoms with Crippen LogP contribution in [0, 0.1) is 0 Å². The maximum Gasteiger partial charge on any atom is 0.305 e. The normalized spacial score (nSPS) is 9.93. The second-order valence-corrected chi connectivity index (χ2v) is 3.25. The summed E-state index contributed by atoms with van der Waals surface area (Å²) in [4.78, 5) is 21.2. The van der Waals surface area contributed by atoms with Crippen LogP contribution in [0.4, 0.5) is 0 Å². The maximum atomic E-state index is 11.0. The predicted molar refractivity (Wildman–Crippen MR) is 53.4 cm³/mol. The number of carboxylic acids is 1. The molecule has 0 heterocycles. The largest absolute Gasteiger partial charge is 0.481 e. The van der Waals surface area contributed by atoms with Crippen LogP contribution in [0.3, 0.4) is 0 Å². The van der Waals surface area contributed by atoms with Crippen LogP contribution in [-0.2, 0) is 14.3 Å². The Kier molecular flexibility index (Phi) is 8.76. The van der Waals surface area contributed by atoms with Gasteiger partial charge in [0.2, 0.25) is 0 Å². The highest BCUT2D eigenvalue weighted by atomic mass is 16.5. The van der Waals surface area contributed by atoms with Crippen LogP contribution >= 0.6 is 0 Å². The van der Waals surface area contributed by atoms with Gasteiger partial charge in [-0.05, 0) is 25.7 Å². The lowest BCUT2D eigenvalue weighted by molar-refractivity contribution is -0.144. The number of rotatable bonds is 9. The topological polar surface area (TPSA) is 83.8 Å². The molecular formula is C10H18O5. The fraction of sp³-hybridized carbons (Fsp3) is 0.800. The van der Waals surface area contributed by atoms with E-state index in [0.29, 0.717) is 32.3 Å². The van der Waals surface area contributed by atoms with E-state index in [0.717, 1.165) is 0 Å². The van der Waals surface area contributed by atoms with E-state index in [1.807, 2.05) is 0 Å². The Hall–Kier alpha value is -1.10. The molecule has 5 nitrogen and oxygen atoms in total. The molecular weight excluding hydrogens is 200 g/mol. The summed E-state index contributed by atoms with van der Waals surface area (Å²) >= 11 is 0. The van der Waals surface area contributed by atoms with Crippen molar-refractivity contribution in [3.8, 4) is 0 Å². The predicted octanol–water partition coefficient (Wildman–Crippen LogP) is 0.947. The van der Waals surface area contributed by atoms with E-state index in [1.165, 1.54) is 0 Å². The van der Waals surface area contributed by atoms with Crippen LogP contribution < -0.4 is 0 Å². The number of aliphatic carboxylic acids is 1. The lowest BCUT2D eigenvalue weighted by Gasteiger charge is -2.03. The number of hydrogen-bond acceptors (Lipinski definition) is 4. The zero-order valence-corrected chi connectivity index (χ0v) is 8.78. The van der Waals surface area contributed by atoms with Gasteiger partial charge in [0, 0.05) is 19.4 Å². The molecule has 0 amide bonds. The third-order valence-corrected chi connectivity index (χ3v) is 1.84. The summed E-state index contributed by atoms with van der Waals surface area (Å²) in [5, 5.41) is 16.8. The van der Waals surface area contributed by atoms with Crippen molar-refractivity contribution in [2.24, 2.45) is 0 Å². The molecule has 0 radical (unpaired) electrons. The average molecular weight is 218 g/mol. The van der Waals surface area contributed by atoms with Crippen molar-refractivity contribution < 1.29 is 24.5 Å². The molecule has 0 spiro atoms. The Bertz CT molecular complexity index is 190. The third kappa shape index (κ3) is 10.8. The van der Waals surface area contributed by atoms with E-state index >= 15 is 0 Å². The van der Waals surface area contributed by atoms with Crippen LogP contribution in [0.5, 0.6) is 0 Å². The van der Waals surface area contributed by atoms with Crippen molar-refractivity contribution in [1.82, 2.24) is 0 Å². The van der Waals surface area contributed by atoms with Crippen molar-refractivity contribution in [3.63, 3.8) is 0 Å². The van der Waals surface area contributed by atoms with E-state index in [9.17, 15) is 9.59 Å². The maximum absolute atomic E-state index is 11.0. The van der Waals surface area contributed by atoms with Crippen LogP contribution in [0.25, 0.3) is 0 Å². The van der Waals surface area contributed by atoms with Gasteiger partial charge in [-0.15, -0.1) is 0 Å². The number of ether oxygens (including phenoxy) is 1. The van der Waals surface area contributed by atoms with Gasteiger partial charge in [-0.25, -0.2) is 0 Å². The molecule has 2 N–H and O–H groups in total. The van der Waals surface area contributed by atoms with E-state index in [2.05, 4.69) is 0 Å². The molecule has 0 rings (SSSR count). The lowest BCUT2D eigenvalue weighted by Crippen LogP contribution is -2.06. The van der Waals surface area contributed by atoms with Gasteiger partial charge in [0.15, 0.2) is 0 Å². The van der Waals surface area contributed by atoms with Gasteiger partial charge in [-0.3, -0.25) is 9.59 Å². The van der Waals surface area contributed by atoms with Crippen molar-refractivity contribution >= 4 is 11.9 Å². The highest BCUT2D eigenvalue weighted by Crippen LogP contribution is 2.02. The van der Waals surface area contributed by atoms with Crippen molar-refractivity contribution in [3.05, 3.63) is 0 Å². The number of esters is 1. The molecule has 15 heavy (non-hydrogen) atoms. The summed E-state index contributed by atoms with van der Waals surface area (Å²) in [7, 11) is 0. The van der Waals surface area contributed by atoms with E-state index in [4.69, 9.17) is 14.9 Å². The highest BCUT2D eigenvalue weighted by Gasteiger charge is 2.03. The zero-order chi connectivity index (χ0) is 11.5. The quantitative estimate of drug-likeness (QED) is 0.444. The summed E-state index contributed by atoms with van der Waals surface area (Å²) in [6, 6.07) is 0. The van der Waals surface area contributed by atoms with Gasteiger partial charge >= 0.3 is 11.9 Å². The lowest BCUT2D eigenvalue weighted by atomic mass is 10.2. The molecule has 0 aromatic heterocycles. The molecule has 0 aromatic rings. The van der Waals surface area contributed by atoms with Crippen LogP contribution in [-0.4, -0.2) is 35.4 Å². The zero-order valence-electron chi connectivity index (χ0n) is 8.78. The first-order valence-electron chi connectivity index (χ1n) is 5.15. The van der Waals surface area contributed by atoms with Crippen molar-refractivity contribution in [2.45, 2.75) is 38.5 Å². The fourth-order valence-electron chi connectivity index (χ4n) is 1.02. The summed E-state index contributed by atoms with van der Waals surface area (Å²) in [5.74, 6) is -1.13. The molecule has 0 saturated heterocycles. The molecule has 88 valence electrons. The molecule has 0 fully saturated rings. The van der Waals surface area contributed by atoms with E-state index in [-0.39, 0.29) is 25.4 Å². The molecule has 5 heteroatoms. The Morgan fingerprint density at radius 2 is 1.67 bits per heavy atom. The van der Waals surface area contributed by atoms with E-state index in [1.54, 1.807) is 0 Å². The number of aliphatic hydroxyl groups is 1. The van der Waals surface area contributed by atoms with Gasteiger partial charge in [-0.2, -0.15) is 0 Å². The van der Waals surface area contributed by atoms with Gasteiger partial charge in [0.1, 0.15) is 0 Å². The molecule has 0 atom stereocenters. The monoisotopic (exact) mass is 218 g/mol. The first-order valence-corrected chi connectivity index (χ1v) is 5.15. The van der Waals surface area contributed by atoms with Gasteiger partial charge in [0.25, 0.3) is 0 Å². The van der Waals surface area contributed by atoms with Crippen LogP contribution in [0.1, 0.15) is 38.5 Å². The smallest absolute Gasteiger partial charge is 0.305 e. The SMILES string of the molecule is O=C(O)CCCCC(=O)OCCCCO. The molecule has 0 aliphatic carbocycles. The van der Waals surface area contributed by atoms with Gasteiger partial charge in [0.05, 0.1) is 6.61 Å². The number of carbonyl (C=O) groups is 2. The number of carbonyl (C=O) groups excluding carboxylic acids is 1. The standard InChI is InChI=1S/C10H18O5/c11-7-3-4-8-15-10(14)6-2-1-5-9(12)13/h11H,1-8H2,(H,12,13). The molecule has 0 aliphatic heterocycles.